The summed E-state index contributed by atoms with van der Waals surface area (Å²) in [5.41, 5.74) is 0.473. The van der Waals surface area contributed by atoms with Crippen molar-refractivity contribution in [2.75, 3.05) is 16.8 Å². The molecule has 0 aliphatic carbocycles. The maximum absolute atomic E-state index is 12.5. The van der Waals surface area contributed by atoms with Gasteiger partial charge in [-0.2, -0.15) is 5.10 Å². The van der Waals surface area contributed by atoms with Crippen molar-refractivity contribution in [1.29, 1.82) is 0 Å². The second-order valence-electron chi connectivity index (χ2n) is 5.78. The molecule has 1 saturated heterocycles. The predicted octanol–water partition coefficient (Wildman–Crippen LogP) is 2.21. The van der Waals surface area contributed by atoms with Gasteiger partial charge < -0.3 is 10.2 Å². The molecular formula is C17H18ClN5O3. The van der Waals surface area contributed by atoms with Gasteiger partial charge in [0.25, 0.3) is 11.8 Å². The topological polar surface area (TPSA) is 88.8 Å². The number of halogens is 1. The Morgan fingerprint density at radius 1 is 1.42 bits per heavy atom. The van der Waals surface area contributed by atoms with Crippen LogP contribution in [0.15, 0.2) is 41.7 Å². The highest BCUT2D eigenvalue weighted by molar-refractivity contribution is 6.36. The van der Waals surface area contributed by atoms with Gasteiger partial charge in [-0.25, -0.2) is 0 Å². The van der Waals surface area contributed by atoms with E-state index in [1.807, 2.05) is 0 Å². The maximum atomic E-state index is 12.5. The smallest absolute Gasteiger partial charge is 0.272 e. The van der Waals surface area contributed by atoms with E-state index in [4.69, 9.17) is 16.4 Å². The lowest BCUT2D eigenvalue weighted by atomic mass is 10.1. The highest BCUT2D eigenvalue weighted by Crippen LogP contribution is 2.21. The third-order valence-corrected chi connectivity index (χ3v) is 4.18. The lowest BCUT2D eigenvalue weighted by Gasteiger charge is -2.29. The van der Waals surface area contributed by atoms with Crippen molar-refractivity contribution in [3.63, 3.8) is 0 Å². The van der Waals surface area contributed by atoms with E-state index in [9.17, 15) is 9.59 Å². The van der Waals surface area contributed by atoms with E-state index in [1.165, 1.54) is 0 Å². The van der Waals surface area contributed by atoms with E-state index in [-0.39, 0.29) is 5.91 Å². The standard InChI is InChI=1S/C17H18ClN5O3/c1-22-10-8-15(21-22)23-9-4-7-14(17(23)25)26-19-11-16(24)20-13-6-3-2-5-12(13)18/h2-3,5-6,8,10-11,14H,4,7,9H2,1H3,(H,20,24)/b19-11+. The van der Waals surface area contributed by atoms with E-state index in [0.717, 1.165) is 12.6 Å². The molecule has 1 aliphatic heterocycles. The van der Waals surface area contributed by atoms with Crippen LogP contribution in [0.5, 0.6) is 0 Å². The van der Waals surface area contributed by atoms with Crippen molar-refractivity contribution in [1.82, 2.24) is 9.78 Å². The van der Waals surface area contributed by atoms with Crippen molar-refractivity contribution in [2.24, 2.45) is 12.2 Å². The molecule has 1 fully saturated rings. The van der Waals surface area contributed by atoms with Crippen LogP contribution in [-0.4, -0.2) is 40.5 Å². The Morgan fingerprint density at radius 2 is 2.23 bits per heavy atom. The molecular weight excluding hydrogens is 358 g/mol. The summed E-state index contributed by atoms with van der Waals surface area (Å²) in [5, 5.41) is 10.9. The number of amides is 2. The normalized spacial score (nSPS) is 17.5. The average Bonchev–Trinajstić information content (AvgIpc) is 3.05. The lowest BCUT2D eigenvalue weighted by Crippen LogP contribution is -2.45. The summed E-state index contributed by atoms with van der Waals surface area (Å²) in [4.78, 5) is 31.2. The molecule has 136 valence electrons. The van der Waals surface area contributed by atoms with Crippen LogP contribution in [0.4, 0.5) is 11.5 Å². The van der Waals surface area contributed by atoms with E-state index in [0.29, 0.717) is 29.5 Å². The summed E-state index contributed by atoms with van der Waals surface area (Å²) in [6.45, 7) is 0.576. The SMILES string of the molecule is Cn1ccc(N2CCCC(O/N=C/C(=O)Nc3ccccc3Cl)C2=O)n1. The minimum absolute atomic E-state index is 0.224. The van der Waals surface area contributed by atoms with Gasteiger partial charge in [-0.05, 0) is 25.0 Å². The Bertz CT molecular complexity index is 835. The number of nitrogens with one attached hydrogen (secondary N) is 1. The number of nitrogens with zero attached hydrogens (tertiary/aromatic N) is 4. The molecule has 9 heteroatoms. The molecule has 1 aromatic heterocycles. The molecule has 1 unspecified atom stereocenters. The quantitative estimate of drug-likeness (QED) is 0.641. The summed E-state index contributed by atoms with van der Waals surface area (Å²) >= 11 is 5.97. The molecule has 0 saturated carbocycles. The Hall–Kier alpha value is -2.87. The largest absolute Gasteiger partial charge is 0.382 e. The minimum Gasteiger partial charge on any atom is -0.382 e. The van der Waals surface area contributed by atoms with E-state index >= 15 is 0 Å². The van der Waals surface area contributed by atoms with Crippen LogP contribution in [0.25, 0.3) is 0 Å². The zero-order valence-electron chi connectivity index (χ0n) is 14.1. The molecule has 8 nitrogen and oxygen atoms in total. The number of piperidine rings is 1. The molecule has 2 aromatic rings. The van der Waals surface area contributed by atoms with Crippen LogP contribution < -0.4 is 10.2 Å². The molecule has 0 spiro atoms. The van der Waals surface area contributed by atoms with Crippen molar-refractivity contribution < 1.29 is 14.4 Å². The molecule has 2 amide bonds. The second-order valence-corrected chi connectivity index (χ2v) is 6.18. The number of carbonyl (C=O) groups excluding carboxylic acids is 2. The van der Waals surface area contributed by atoms with Gasteiger partial charge in [-0.1, -0.05) is 28.9 Å². The molecule has 3 rings (SSSR count). The highest BCUT2D eigenvalue weighted by atomic mass is 35.5. The van der Waals surface area contributed by atoms with Gasteiger partial charge in [-0.15, -0.1) is 0 Å². The molecule has 1 aromatic carbocycles. The average molecular weight is 376 g/mol. The monoisotopic (exact) mass is 375 g/mol. The summed E-state index contributed by atoms with van der Waals surface area (Å²) in [7, 11) is 1.79. The van der Waals surface area contributed by atoms with Crippen molar-refractivity contribution in [2.45, 2.75) is 18.9 Å². The van der Waals surface area contributed by atoms with Crippen LogP contribution >= 0.6 is 11.6 Å². The predicted molar refractivity (Wildman–Crippen MR) is 98.2 cm³/mol. The lowest BCUT2D eigenvalue weighted by molar-refractivity contribution is -0.132. The zero-order chi connectivity index (χ0) is 18.5. The number of anilines is 2. The van der Waals surface area contributed by atoms with Crippen molar-refractivity contribution in [3.05, 3.63) is 41.6 Å². The first kappa shape index (κ1) is 17.9. The van der Waals surface area contributed by atoms with E-state index < -0.39 is 12.0 Å². The van der Waals surface area contributed by atoms with Gasteiger partial charge in [0.2, 0.25) is 6.10 Å². The molecule has 26 heavy (non-hydrogen) atoms. The molecule has 2 heterocycles. The highest BCUT2D eigenvalue weighted by Gasteiger charge is 2.32. The van der Waals surface area contributed by atoms with Gasteiger partial charge in [0.05, 0.1) is 10.7 Å². The first-order chi connectivity index (χ1) is 12.5. The van der Waals surface area contributed by atoms with E-state index in [1.54, 1.807) is 53.2 Å². The number of rotatable bonds is 5. The van der Waals surface area contributed by atoms with E-state index in [2.05, 4.69) is 15.6 Å². The van der Waals surface area contributed by atoms with Crippen LogP contribution in [-0.2, 0) is 21.5 Å². The van der Waals surface area contributed by atoms with Crippen LogP contribution in [0, 0.1) is 0 Å². The van der Waals surface area contributed by atoms with Crippen molar-refractivity contribution in [3.8, 4) is 0 Å². The Labute approximate surface area is 155 Å². The molecule has 1 N–H and O–H groups in total. The van der Waals surface area contributed by atoms with Crippen molar-refractivity contribution >= 4 is 41.1 Å². The van der Waals surface area contributed by atoms with Gasteiger partial charge in [0, 0.05) is 25.9 Å². The summed E-state index contributed by atoms with van der Waals surface area (Å²) in [5.74, 6) is -0.146. The number of aryl methyl sites for hydroxylation is 1. The fraction of sp³-hybridized carbons (Fsp3) is 0.294. The Balaban J connectivity index is 1.56. The number of carbonyl (C=O) groups is 2. The molecule has 1 atom stereocenters. The summed E-state index contributed by atoms with van der Waals surface area (Å²) < 4.78 is 1.63. The Morgan fingerprint density at radius 3 is 2.96 bits per heavy atom. The van der Waals surface area contributed by atoms with Gasteiger partial charge in [-0.3, -0.25) is 19.2 Å². The number of benzene rings is 1. The summed E-state index contributed by atoms with van der Waals surface area (Å²) in [6.07, 6.45) is 3.30. The van der Waals surface area contributed by atoms with Gasteiger partial charge in [0.1, 0.15) is 6.21 Å². The minimum atomic E-state index is -0.741. The number of hydrogen-bond donors (Lipinski definition) is 1. The number of oxime groups is 1. The number of hydrogen-bond acceptors (Lipinski definition) is 5. The first-order valence-electron chi connectivity index (χ1n) is 8.10. The number of aromatic nitrogens is 2. The molecule has 0 radical (unpaired) electrons. The molecule has 1 aliphatic rings. The van der Waals surface area contributed by atoms with Gasteiger partial charge in [0.15, 0.2) is 5.82 Å². The maximum Gasteiger partial charge on any atom is 0.272 e. The van der Waals surface area contributed by atoms with Gasteiger partial charge >= 0.3 is 0 Å². The zero-order valence-corrected chi connectivity index (χ0v) is 14.9. The second kappa shape index (κ2) is 8.01. The fourth-order valence-corrected chi connectivity index (χ4v) is 2.78. The Kier molecular flexibility index (Phi) is 5.52. The first-order valence-corrected chi connectivity index (χ1v) is 8.48. The summed E-state index contributed by atoms with van der Waals surface area (Å²) in [6, 6.07) is 8.61. The van der Waals surface area contributed by atoms with Crippen LogP contribution in [0.1, 0.15) is 12.8 Å². The molecule has 0 bridgehead atoms. The van der Waals surface area contributed by atoms with Crippen LogP contribution in [0.3, 0.4) is 0 Å². The van der Waals surface area contributed by atoms with Crippen LogP contribution in [0.2, 0.25) is 5.02 Å². The number of para-hydroxylation sites is 1. The fourth-order valence-electron chi connectivity index (χ4n) is 2.59. The third kappa shape index (κ3) is 4.20. The third-order valence-electron chi connectivity index (χ3n) is 3.86.